The molecule has 148 valence electrons. The Morgan fingerprint density at radius 2 is 1.39 bits per heavy atom. The van der Waals surface area contributed by atoms with Crippen LogP contribution < -0.4 is 9.47 Å². The Morgan fingerprint density at radius 1 is 0.964 bits per heavy atom. The normalized spacial score (nSPS) is 9.50. The van der Waals surface area contributed by atoms with Gasteiger partial charge in [0.05, 0.1) is 9.85 Å². The zero-order valence-electron chi connectivity index (χ0n) is 14.0. The van der Waals surface area contributed by atoms with Crippen molar-refractivity contribution in [3.63, 3.8) is 0 Å². The van der Waals surface area contributed by atoms with Crippen LogP contribution in [-0.4, -0.2) is 39.3 Å². The summed E-state index contributed by atoms with van der Waals surface area (Å²) < 4.78 is 10.8. The summed E-state index contributed by atoms with van der Waals surface area (Å²) in [4.78, 5) is 37.4. The summed E-state index contributed by atoms with van der Waals surface area (Å²) in [5, 5.41) is 21.1. The average molecular weight is 520 g/mol. The topological polar surface area (TPSA) is 148 Å². The Kier molecular flexibility index (Phi) is 9.67. The highest BCUT2D eigenvalue weighted by atomic mass is 79.9. The number of hydrogen-bond donors (Lipinski definition) is 0. The summed E-state index contributed by atoms with van der Waals surface area (Å²) in [6, 6.07) is 2.60. The van der Waals surface area contributed by atoms with Crippen LogP contribution in [0.2, 0.25) is 0 Å². The number of pyridine rings is 2. The predicted molar refractivity (Wildman–Crippen MR) is 104 cm³/mol. The van der Waals surface area contributed by atoms with Gasteiger partial charge in [-0.1, -0.05) is 12.7 Å². The maximum atomic E-state index is 10.6. The number of aldehydes is 1. The van der Waals surface area contributed by atoms with E-state index in [1.54, 1.807) is 0 Å². The molecule has 0 aliphatic rings. The second kappa shape index (κ2) is 11.7. The summed E-state index contributed by atoms with van der Waals surface area (Å²) in [5.74, 6) is -0.164. The third-order valence-electron chi connectivity index (χ3n) is 2.62. The van der Waals surface area contributed by atoms with Crippen LogP contribution >= 0.6 is 31.9 Å². The Bertz CT molecular complexity index is 808. The summed E-state index contributed by atoms with van der Waals surface area (Å²) in [5.41, 5.74) is -0.442. The van der Waals surface area contributed by atoms with Crippen molar-refractivity contribution < 1.29 is 24.1 Å². The molecule has 13 heteroatoms. The van der Waals surface area contributed by atoms with Crippen molar-refractivity contribution in [1.82, 2.24) is 9.97 Å². The number of halogens is 2. The largest absolute Gasteiger partial charge is 0.469 e. The van der Waals surface area contributed by atoms with Crippen LogP contribution in [0.25, 0.3) is 0 Å². The Labute approximate surface area is 174 Å². The number of carbonyl (C=O) groups excluding carboxylic acids is 1. The minimum absolute atomic E-state index is 0.00176. The maximum absolute atomic E-state index is 10.6. The van der Waals surface area contributed by atoms with Crippen molar-refractivity contribution in [3.05, 3.63) is 66.4 Å². The molecule has 0 aromatic carbocycles. The maximum Gasteiger partial charge on any atom is 0.332 e. The Balaban J connectivity index is 0.000000280. The molecule has 0 aliphatic heterocycles. The van der Waals surface area contributed by atoms with Crippen molar-refractivity contribution in [1.29, 1.82) is 0 Å². The smallest absolute Gasteiger partial charge is 0.332 e. The van der Waals surface area contributed by atoms with Crippen LogP contribution in [0, 0.1) is 20.2 Å². The zero-order chi connectivity index (χ0) is 21.1. The van der Waals surface area contributed by atoms with Gasteiger partial charge in [-0.2, -0.15) is 0 Å². The van der Waals surface area contributed by atoms with Gasteiger partial charge < -0.3 is 9.47 Å². The van der Waals surface area contributed by atoms with E-state index < -0.39 is 9.85 Å². The van der Waals surface area contributed by atoms with Crippen LogP contribution in [0.3, 0.4) is 0 Å². The third kappa shape index (κ3) is 7.36. The summed E-state index contributed by atoms with van der Waals surface area (Å²) >= 11 is 6.13. The lowest BCUT2D eigenvalue weighted by Crippen LogP contribution is -2.02. The van der Waals surface area contributed by atoms with Crippen molar-refractivity contribution in [3.8, 4) is 11.8 Å². The Morgan fingerprint density at radius 3 is 1.75 bits per heavy atom. The molecule has 0 amide bonds. The number of nitrogens with zero attached hydrogens (tertiary/aromatic N) is 4. The number of hydrogen-bond acceptors (Lipinski definition) is 9. The van der Waals surface area contributed by atoms with Gasteiger partial charge in [0.15, 0.2) is 6.29 Å². The fourth-order valence-corrected chi connectivity index (χ4v) is 2.21. The first-order valence-electron chi connectivity index (χ1n) is 7.20. The van der Waals surface area contributed by atoms with E-state index >= 15 is 0 Å². The first-order valence-corrected chi connectivity index (χ1v) is 8.78. The van der Waals surface area contributed by atoms with Crippen molar-refractivity contribution in [2.24, 2.45) is 0 Å². The number of aromatic nitrogens is 2. The molecule has 2 rings (SSSR count). The molecule has 28 heavy (non-hydrogen) atoms. The molecule has 0 spiro atoms. The number of nitro groups is 2. The molecule has 0 unspecified atom stereocenters. The van der Waals surface area contributed by atoms with Crippen molar-refractivity contribution in [2.45, 2.75) is 0 Å². The van der Waals surface area contributed by atoms with Gasteiger partial charge in [0.25, 0.3) is 11.8 Å². The molecule has 2 heterocycles. The molecular weight excluding hydrogens is 508 g/mol. The third-order valence-corrected chi connectivity index (χ3v) is 3.48. The Hall–Kier alpha value is -2.93. The highest BCUT2D eigenvalue weighted by Crippen LogP contribution is 2.27. The van der Waals surface area contributed by atoms with Crippen LogP contribution in [0.15, 0.2) is 46.1 Å². The van der Waals surface area contributed by atoms with Crippen LogP contribution in [-0.2, 0) is 4.79 Å². The van der Waals surface area contributed by atoms with E-state index in [1.165, 1.54) is 30.6 Å². The molecule has 0 saturated heterocycles. The van der Waals surface area contributed by atoms with Crippen molar-refractivity contribution >= 4 is 49.5 Å². The van der Waals surface area contributed by atoms with Gasteiger partial charge in [-0.15, -0.1) is 0 Å². The molecule has 0 bridgehead atoms. The van der Waals surface area contributed by atoms with Crippen LogP contribution in [0.1, 0.15) is 0 Å². The van der Waals surface area contributed by atoms with E-state index in [9.17, 15) is 25.0 Å². The van der Waals surface area contributed by atoms with Crippen LogP contribution in [0.4, 0.5) is 11.4 Å². The molecule has 0 atom stereocenters. The number of carbonyl (C=O) groups is 1. The summed E-state index contributed by atoms with van der Waals surface area (Å²) in [6.07, 6.45) is 4.78. The van der Waals surface area contributed by atoms with Gasteiger partial charge in [0, 0.05) is 33.5 Å². The van der Waals surface area contributed by atoms with Gasteiger partial charge in [0.2, 0.25) is 0 Å². The van der Waals surface area contributed by atoms with E-state index in [0.717, 1.165) is 0 Å². The van der Waals surface area contributed by atoms with Gasteiger partial charge in [-0.05, 0) is 31.9 Å². The molecule has 11 nitrogen and oxygen atoms in total. The van der Waals surface area contributed by atoms with E-state index in [1.807, 2.05) is 0 Å². The molecule has 0 radical (unpaired) electrons. The fourth-order valence-electron chi connectivity index (χ4n) is 1.57. The summed E-state index contributed by atoms with van der Waals surface area (Å²) in [6.45, 7) is 3.37. The first kappa shape index (κ1) is 23.1. The highest BCUT2D eigenvalue weighted by Gasteiger charge is 2.17. The van der Waals surface area contributed by atoms with Gasteiger partial charge in [0.1, 0.15) is 13.2 Å². The monoisotopic (exact) mass is 518 g/mol. The van der Waals surface area contributed by atoms with Crippen molar-refractivity contribution in [2.75, 3.05) is 13.2 Å². The van der Waals surface area contributed by atoms with E-state index in [4.69, 9.17) is 9.47 Å². The fraction of sp³-hybridized carbons (Fsp3) is 0.133. The lowest BCUT2D eigenvalue weighted by molar-refractivity contribution is -0.386. The molecule has 2 aromatic heterocycles. The predicted octanol–water partition coefficient (Wildman–Crippen LogP) is 3.65. The minimum atomic E-state index is -0.627. The molecular formula is C15H12Br2N4O7. The summed E-state index contributed by atoms with van der Waals surface area (Å²) in [7, 11) is 0. The SMILES string of the molecule is C=CCOc1ncc(Br)cc1[N+](=O)[O-].O=CCOc1ncc(Br)cc1[N+](=O)[O-]. The molecule has 0 N–H and O–H groups in total. The van der Waals surface area contributed by atoms with E-state index in [0.29, 0.717) is 15.2 Å². The molecule has 0 fully saturated rings. The number of rotatable bonds is 8. The molecule has 2 aromatic rings. The zero-order valence-corrected chi connectivity index (χ0v) is 17.2. The standard InChI is InChI=1S/C8H7BrN2O3.C7H5BrN2O4/c1-2-3-14-8-7(11(12)13)4-6(9)5-10-8;8-5-3-6(10(12)13)7(9-4-5)14-2-1-11/h2,4-5H,1,3H2;1,3-4H,2H2. The lowest BCUT2D eigenvalue weighted by atomic mass is 10.4. The van der Waals surface area contributed by atoms with E-state index in [2.05, 4.69) is 48.4 Å². The molecule has 0 saturated carbocycles. The van der Waals surface area contributed by atoms with Crippen LogP contribution in [0.5, 0.6) is 11.8 Å². The van der Waals surface area contributed by atoms with Gasteiger partial charge in [-0.3, -0.25) is 25.0 Å². The first-order chi connectivity index (χ1) is 13.3. The second-order valence-corrected chi connectivity index (χ2v) is 6.38. The molecule has 0 aliphatic carbocycles. The second-order valence-electron chi connectivity index (χ2n) is 4.55. The van der Waals surface area contributed by atoms with Gasteiger partial charge in [-0.25, -0.2) is 9.97 Å². The number of ether oxygens (including phenoxy) is 2. The minimum Gasteiger partial charge on any atom is -0.469 e. The quantitative estimate of drug-likeness (QED) is 0.220. The van der Waals surface area contributed by atoms with E-state index in [-0.39, 0.29) is 36.3 Å². The average Bonchev–Trinajstić information content (AvgIpc) is 2.66. The van der Waals surface area contributed by atoms with Gasteiger partial charge >= 0.3 is 11.4 Å². The lowest BCUT2D eigenvalue weighted by Gasteiger charge is -2.02. The highest BCUT2D eigenvalue weighted by molar-refractivity contribution is 9.10.